The van der Waals surface area contributed by atoms with Crippen molar-refractivity contribution in [3.8, 4) is 5.75 Å². The standard InChI is InChI=1S/C21H29N5O/c1-24(2)20-8-11-22-21(23-20)26-13-10-17-9-12-25(19(17)16-26)14-15-27-18-6-4-3-5-7-18/h3-8,11,17,19H,9-10,12-16H2,1-2H3. The first-order valence-corrected chi connectivity index (χ1v) is 9.88. The Morgan fingerprint density at radius 1 is 1.11 bits per heavy atom. The van der Waals surface area contributed by atoms with Crippen molar-refractivity contribution in [2.45, 2.75) is 18.9 Å². The van der Waals surface area contributed by atoms with E-state index in [1.807, 2.05) is 61.6 Å². The van der Waals surface area contributed by atoms with Gasteiger partial charge in [-0.25, -0.2) is 4.98 Å². The number of fused-ring (bicyclic) bond motifs is 1. The van der Waals surface area contributed by atoms with Crippen molar-refractivity contribution >= 4 is 11.8 Å². The van der Waals surface area contributed by atoms with Crippen LogP contribution in [0.2, 0.25) is 0 Å². The van der Waals surface area contributed by atoms with Gasteiger partial charge in [-0.2, -0.15) is 4.98 Å². The van der Waals surface area contributed by atoms with Gasteiger partial charge in [-0.1, -0.05) is 18.2 Å². The van der Waals surface area contributed by atoms with Crippen LogP contribution in [0.25, 0.3) is 0 Å². The fraction of sp³-hybridized carbons (Fsp3) is 0.524. The summed E-state index contributed by atoms with van der Waals surface area (Å²) in [5.74, 6) is 3.55. The summed E-state index contributed by atoms with van der Waals surface area (Å²) in [7, 11) is 4.04. The molecule has 0 spiro atoms. The summed E-state index contributed by atoms with van der Waals surface area (Å²) < 4.78 is 5.92. The van der Waals surface area contributed by atoms with Crippen LogP contribution in [0.4, 0.5) is 11.8 Å². The molecule has 0 bridgehead atoms. The number of piperidine rings is 1. The lowest BCUT2D eigenvalue weighted by Crippen LogP contribution is -2.49. The van der Waals surface area contributed by atoms with Crippen molar-refractivity contribution in [1.29, 1.82) is 0 Å². The van der Waals surface area contributed by atoms with Gasteiger partial charge in [0.1, 0.15) is 18.2 Å². The molecule has 0 amide bonds. The maximum atomic E-state index is 5.92. The Morgan fingerprint density at radius 3 is 2.74 bits per heavy atom. The molecule has 2 unspecified atom stereocenters. The molecular weight excluding hydrogens is 338 g/mol. The van der Waals surface area contributed by atoms with Crippen LogP contribution in [0.3, 0.4) is 0 Å². The Balaban J connectivity index is 1.36. The lowest BCUT2D eigenvalue weighted by molar-refractivity contribution is 0.171. The van der Waals surface area contributed by atoms with Gasteiger partial charge in [-0.05, 0) is 43.5 Å². The van der Waals surface area contributed by atoms with Crippen LogP contribution >= 0.6 is 0 Å². The zero-order valence-corrected chi connectivity index (χ0v) is 16.3. The van der Waals surface area contributed by atoms with E-state index in [2.05, 4.69) is 14.8 Å². The van der Waals surface area contributed by atoms with Crippen LogP contribution in [0.5, 0.6) is 5.75 Å². The van der Waals surface area contributed by atoms with Crippen molar-refractivity contribution in [3.63, 3.8) is 0 Å². The molecule has 2 aromatic rings. The van der Waals surface area contributed by atoms with Crippen LogP contribution < -0.4 is 14.5 Å². The van der Waals surface area contributed by atoms with Gasteiger partial charge in [-0.15, -0.1) is 0 Å². The molecule has 3 heterocycles. The third kappa shape index (κ3) is 4.16. The van der Waals surface area contributed by atoms with E-state index >= 15 is 0 Å². The second-order valence-electron chi connectivity index (χ2n) is 7.66. The molecule has 27 heavy (non-hydrogen) atoms. The van der Waals surface area contributed by atoms with Crippen LogP contribution in [0.1, 0.15) is 12.8 Å². The molecular formula is C21H29N5O. The van der Waals surface area contributed by atoms with Crippen molar-refractivity contribution in [2.75, 3.05) is 56.7 Å². The normalized spacial score (nSPS) is 22.5. The highest BCUT2D eigenvalue weighted by Gasteiger charge is 2.38. The van der Waals surface area contributed by atoms with Gasteiger partial charge in [0.15, 0.2) is 0 Å². The van der Waals surface area contributed by atoms with Crippen molar-refractivity contribution in [1.82, 2.24) is 14.9 Å². The molecule has 2 fully saturated rings. The molecule has 2 aliphatic heterocycles. The Kier molecular flexibility index (Phi) is 5.43. The number of nitrogens with zero attached hydrogens (tertiary/aromatic N) is 5. The number of ether oxygens (including phenoxy) is 1. The number of anilines is 2. The Hall–Kier alpha value is -2.34. The fourth-order valence-electron chi connectivity index (χ4n) is 4.23. The molecule has 0 N–H and O–H groups in total. The minimum absolute atomic E-state index is 0.574. The smallest absolute Gasteiger partial charge is 0.227 e. The lowest BCUT2D eigenvalue weighted by Gasteiger charge is -2.38. The van der Waals surface area contributed by atoms with E-state index in [4.69, 9.17) is 9.72 Å². The largest absolute Gasteiger partial charge is 0.492 e. The van der Waals surface area contributed by atoms with E-state index in [1.54, 1.807) is 0 Å². The van der Waals surface area contributed by atoms with E-state index in [-0.39, 0.29) is 0 Å². The Morgan fingerprint density at radius 2 is 1.93 bits per heavy atom. The van der Waals surface area contributed by atoms with Gasteiger partial charge < -0.3 is 14.5 Å². The molecule has 0 aliphatic carbocycles. The summed E-state index contributed by atoms with van der Waals surface area (Å²) in [5.41, 5.74) is 0. The molecule has 0 saturated carbocycles. The third-order valence-corrected chi connectivity index (χ3v) is 5.74. The number of benzene rings is 1. The predicted octanol–water partition coefficient (Wildman–Crippen LogP) is 2.52. The molecule has 4 rings (SSSR count). The number of aromatic nitrogens is 2. The number of likely N-dealkylation sites (tertiary alicyclic amines) is 1. The summed E-state index contributed by atoms with van der Waals surface area (Å²) in [5, 5.41) is 0. The third-order valence-electron chi connectivity index (χ3n) is 5.74. The SMILES string of the molecule is CN(C)c1ccnc(N2CCC3CCN(CCOc4ccccc4)C3C2)n1. The molecule has 144 valence electrons. The quantitative estimate of drug-likeness (QED) is 0.782. The predicted molar refractivity (Wildman–Crippen MR) is 109 cm³/mol. The number of rotatable bonds is 6. The zero-order chi connectivity index (χ0) is 18.6. The number of hydrogen-bond donors (Lipinski definition) is 0. The molecule has 2 atom stereocenters. The first-order chi connectivity index (χ1) is 13.2. The van der Waals surface area contributed by atoms with E-state index in [1.165, 1.54) is 19.4 Å². The second kappa shape index (κ2) is 8.13. The molecule has 0 radical (unpaired) electrons. The number of hydrogen-bond acceptors (Lipinski definition) is 6. The fourth-order valence-corrected chi connectivity index (χ4v) is 4.23. The second-order valence-corrected chi connectivity index (χ2v) is 7.66. The highest BCUT2D eigenvalue weighted by atomic mass is 16.5. The van der Waals surface area contributed by atoms with Crippen LogP contribution in [-0.4, -0.2) is 67.8 Å². The van der Waals surface area contributed by atoms with Crippen LogP contribution in [0.15, 0.2) is 42.6 Å². The monoisotopic (exact) mass is 367 g/mol. The first-order valence-electron chi connectivity index (χ1n) is 9.88. The zero-order valence-electron chi connectivity index (χ0n) is 16.3. The average Bonchev–Trinajstić information content (AvgIpc) is 3.11. The summed E-state index contributed by atoms with van der Waals surface area (Å²) in [6.07, 6.45) is 4.38. The average molecular weight is 367 g/mol. The maximum absolute atomic E-state index is 5.92. The summed E-state index contributed by atoms with van der Waals surface area (Å²) in [4.78, 5) is 16.2. The minimum Gasteiger partial charge on any atom is -0.492 e. The van der Waals surface area contributed by atoms with Gasteiger partial charge in [0.05, 0.1) is 0 Å². The van der Waals surface area contributed by atoms with Gasteiger partial charge in [0.2, 0.25) is 5.95 Å². The van der Waals surface area contributed by atoms with E-state index in [9.17, 15) is 0 Å². The summed E-state index contributed by atoms with van der Waals surface area (Å²) >= 11 is 0. The van der Waals surface area contributed by atoms with Gasteiger partial charge in [-0.3, -0.25) is 4.90 Å². The highest BCUT2D eigenvalue weighted by molar-refractivity contribution is 5.43. The molecule has 2 aliphatic rings. The van der Waals surface area contributed by atoms with Crippen molar-refractivity contribution in [2.24, 2.45) is 5.92 Å². The lowest BCUT2D eigenvalue weighted by atomic mass is 9.92. The minimum atomic E-state index is 0.574. The van der Waals surface area contributed by atoms with Crippen LogP contribution in [0, 0.1) is 5.92 Å². The number of para-hydroxylation sites is 1. The first kappa shape index (κ1) is 18.0. The summed E-state index contributed by atoms with van der Waals surface area (Å²) in [6.45, 7) is 4.93. The molecule has 2 saturated heterocycles. The maximum Gasteiger partial charge on any atom is 0.227 e. The molecule has 1 aromatic heterocycles. The van der Waals surface area contributed by atoms with Crippen molar-refractivity contribution < 1.29 is 4.74 Å². The van der Waals surface area contributed by atoms with Crippen molar-refractivity contribution in [3.05, 3.63) is 42.6 Å². The van der Waals surface area contributed by atoms with E-state index in [0.29, 0.717) is 6.04 Å². The molecule has 1 aromatic carbocycles. The van der Waals surface area contributed by atoms with Gasteiger partial charge in [0.25, 0.3) is 0 Å². The Bertz CT molecular complexity index is 738. The summed E-state index contributed by atoms with van der Waals surface area (Å²) in [6, 6.07) is 12.6. The topological polar surface area (TPSA) is 44.7 Å². The Labute approximate surface area is 161 Å². The molecule has 6 nitrogen and oxygen atoms in total. The highest BCUT2D eigenvalue weighted by Crippen LogP contribution is 2.32. The van der Waals surface area contributed by atoms with Crippen LogP contribution in [-0.2, 0) is 0 Å². The molecule has 6 heteroatoms. The van der Waals surface area contributed by atoms with E-state index < -0.39 is 0 Å². The van der Waals surface area contributed by atoms with Gasteiger partial charge in [0, 0.05) is 46.0 Å². The van der Waals surface area contributed by atoms with E-state index in [0.717, 1.165) is 49.7 Å². The van der Waals surface area contributed by atoms with Gasteiger partial charge >= 0.3 is 0 Å².